The average Bonchev–Trinajstić information content (AvgIpc) is 3.20. The lowest BCUT2D eigenvalue weighted by Crippen LogP contribution is -2.09. The molecule has 0 aliphatic carbocycles. The van der Waals surface area contributed by atoms with Crippen molar-refractivity contribution in [3.63, 3.8) is 0 Å². The van der Waals surface area contributed by atoms with Crippen LogP contribution in [0.2, 0.25) is 0 Å². The summed E-state index contributed by atoms with van der Waals surface area (Å²) in [6.07, 6.45) is 1.77. The van der Waals surface area contributed by atoms with E-state index in [1.54, 1.807) is 39.3 Å². The first-order valence-electron chi connectivity index (χ1n) is 10.8. The second kappa shape index (κ2) is 9.43. The van der Waals surface area contributed by atoms with Gasteiger partial charge in [0.25, 0.3) is 0 Å². The molecule has 0 aliphatic heterocycles. The highest BCUT2D eigenvalue weighted by molar-refractivity contribution is 7.98. The Morgan fingerprint density at radius 1 is 0.971 bits per heavy atom. The van der Waals surface area contributed by atoms with E-state index in [1.165, 1.54) is 31.0 Å². The minimum Gasteiger partial charge on any atom is -0.496 e. The number of hydrogen-bond acceptors (Lipinski definition) is 7. The number of imidazole rings is 1. The molecule has 0 amide bonds. The summed E-state index contributed by atoms with van der Waals surface area (Å²) in [7, 11) is -0.993. The highest BCUT2D eigenvalue weighted by Crippen LogP contribution is 2.39. The first kappa shape index (κ1) is 24.9. The van der Waals surface area contributed by atoms with Crippen molar-refractivity contribution in [3.05, 3.63) is 58.4 Å². The van der Waals surface area contributed by atoms with Gasteiger partial charge < -0.3 is 14.5 Å². The fraction of sp³-hybridized carbons (Fsp3) is 0.280. The number of sulfone groups is 1. The summed E-state index contributed by atoms with van der Waals surface area (Å²) in [5.74, 6) is 1.27. The molecule has 0 unspecified atom stereocenters. The number of nitrogens with one attached hydrogen (secondary N) is 1. The van der Waals surface area contributed by atoms with Crippen LogP contribution in [0.15, 0.2) is 45.4 Å². The van der Waals surface area contributed by atoms with Crippen LogP contribution in [0.3, 0.4) is 0 Å². The zero-order valence-corrected chi connectivity index (χ0v) is 22.0. The van der Waals surface area contributed by atoms with E-state index in [4.69, 9.17) is 9.47 Å². The van der Waals surface area contributed by atoms with Crippen molar-refractivity contribution in [2.24, 2.45) is 0 Å². The Morgan fingerprint density at radius 2 is 1.66 bits per heavy atom. The number of hydrogen-bond donors (Lipinski definition) is 1. The Hall–Kier alpha value is -3.24. The summed E-state index contributed by atoms with van der Waals surface area (Å²) in [5.41, 5.74) is 4.38. The number of aromatic nitrogens is 3. The number of aromatic amines is 1. The molecule has 2 aromatic carbocycles. The molecule has 4 aromatic rings. The van der Waals surface area contributed by atoms with Crippen LogP contribution in [0.1, 0.15) is 27.9 Å². The van der Waals surface area contributed by atoms with Crippen molar-refractivity contribution < 1.29 is 23.0 Å². The lowest BCUT2D eigenvalue weighted by atomic mass is 10.1. The van der Waals surface area contributed by atoms with Crippen LogP contribution in [0.25, 0.3) is 11.0 Å². The van der Waals surface area contributed by atoms with Crippen LogP contribution in [-0.4, -0.2) is 37.6 Å². The van der Waals surface area contributed by atoms with Crippen LogP contribution in [0, 0.1) is 27.7 Å². The number of pyridine rings is 1. The number of ether oxygens (including phenoxy) is 2. The molecule has 0 atom stereocenters. The lowest BCUT2D eigenvalue weighted by Gasteiger charge is -2.14. The highest BCUT2D eigenvalue weighted by Gasteiger charge is 2.30. The maximum absolute atomic E-state index is 13.8. The second-order valence-electron chi connectivity index (χ2n) is 8.26. The maximum Gasteiger partial charge on any atom is 0.213 e. The van der Waals surface area contributed by atoms with E-state index in [0.29, 0.717) is 27.6 Å². The van der Waals surface area contributed by atoms with E-state index in [2.05, 4.69) is 15.0 Å². The highest BCUT2D eigenvalue weighted by atomic mass is 32.2. The summed E-state index contributed by atoms with van der Waals surface area (Å²) < 4.78 is 38.6. The Bertz CT molecular complexity index is 1520. The van der Waals surface area contributed by atoms with E-state index in [1.807, 2.05) is 13.8 Å². The SMILES string of the molecule is COc1ccc2[nH]c(SCc3ncc(C)c(OC)c3C)nc2c1S(=O)(=O)c1c(C)cc([O])cc1C. The fourth-order valence-electron chi connectivity index (χ4n) is 4.29. The van der Waals surface area contributed by atoms with Gasteiger partial charge in [-0.3, -0.25) is 10.1 Å². The van der Waals surface area contributed by atoms with Gasteiger partial charge in [0.1, 0.15) is 21.9 Å². The zero-order valence-electron chi connectivity index (χ0n) is 20.3. The second-order valence-corrected chi connectivity index (χ2v) is 11.0. The number of methoxy groups -OCH3 is 2. The monoisotopic (exact) mass is 512 g/mol. The van der Waals surface area contributed by atoms with Gasteiger partial charge in [0.15, 0.2) is 10.9 Å². The predicted molar refractivity (Wildman–Crippen MR) is 134 cm³/mol. The van der Waals surface area contributed by atoms with E-state index in [-0.39, 0.29) is 26.8 Å². The van der Waals surface area contributed by atoms with Gasteiger partial charge in [-0.2, -0.15) is 0 Å². The summed E-state index contributed by atoms with van der Waals surface area (Å²) in [4.78, 5) is 12.4. The molecule has 0 spiro atoms. The van der Waals surface area contributed by atoms with Crippen molar-refractivity contribution in [2.45, 2.75) is 48.4 Å². The number of thioether (sulfide) groups is 1. The number of rotatable bonds is 7. The third kappa shape index (κ3) is 4.43. The van der Waals surface area contributed by atoms with Gasteiger partial charge in [-0.1, -0.05) is 11.8 Å². The molecule has 2 aromatic heterocycles. The average molecular weight is 513 g/mol. The van der Waals surface area contributed by atoms with Crippen molar-refractivity contribution in [1.82, 2.24) is 15.0 Å². The Balaban J connectivity index is 1.79. The fourth-order valence-corrected chi connectivity index (χ4v) is 7.19. The van der Waals surface area contributed by atoms with E-state index in [9.17, 15) is 13.5 Å². The minimum absolute atomic E-state index is 0.0308. The van der Waals surface area contributed by atoms with Gasteiger partial charge in [-0.15, -0.1) is 0 Å². The van der Waals surface area contributed by atoms with Gasteiger partial charge in [-0.05, 0) is 63.1 Å². The number of H-pyrrole nitrogens is 1. The van der Waals surface area contributed by atoms with Crippen LogP contribution in [-0.2, 0) is 20.7 Å². The van der Waals surface area contributed by atoms with Crippen molar-refractivity contribution in [2.75, 3.05) is 14.2 Å². The van der Waals surface area contributed by atoms with Crippen molar-refractivity contribution in [3.8, 4) is 17.2 Å². The molecule has 35 heavy (non-hydrogen) atoms. The largest absolute Gasteiger partial charge is 0.496 e. The van der Waals surface area contributed by atoms with Gasteiger partial charge in [-0.25, -0.2) is 13.4 Å². The van der Waals surface area contributed by atoms with Crippen LogP contribution < -0.4 is 9.47 Å². The summed E-state index contributed by atoms with van der Waals surface area (Å²) in [6, 6.07) is 5.99. The molecule has 1 radical (unpaired) electrons. The number of aryl methyl sites for hydroxylation is 3. The van der Waals surface area contributed by atoms with Crippen LogP contribution in [0.4, 0.5) is 0 Å². The standard InChI is InChI=1S/C25H26N3O5S2/c1-13-9-17(29)10-14(2)23(13)35(30,31)24-20(32-5)8-7-18-21(24)28-25(27-18)34-12-19-16(4)22(33-6)15(3)11-26-19/h7-11H,12H2,1-6H3,(H,27,28). The molecular formula is C25H26N3O5S2. The molecule has 0 fully saturated rings. The minimum atomic E-state index is -4.05. The van der Waals surface area contributed by atoms with Crippen molar-refractivity contribution >= 4 is 32.6 Å². The molecule has 8 nitrogen and oxygen atoms in total. The van der Waals surface area contributed by atoms with Gasteiger partial charge in [0.2, 0.25) is 9.84 Å². The smallest absolute Gasteiger partial charge is 0.213 e. The third-order valence-corrected chi connectivity index (χ3v) is 8.83. The summed E-state index contributed by atoms with van der Waals surface area (Å²) >= 11 is 1.41. The van der Waals surface area contributed by atoms with Gasteiger partial charge >= 0.3 is 0 Å². The van der Waals surface area contributed by atoms with E-state index >= 15 is 0 Å². The van der Waals surface area contributed by atoms with Crippen molar-refractivity contribution in [1.29, 1.82) is 0 Å². The lowest BCUT2D eigenvalue weighted by molar-refractivity contribution is 0.354. The molecule has 4 rings (SSSR count). The van der Waals surface area contributed by atoms with Gasteiger partial charge in [0.05, 0.1) is 30.3 Å². The maximum atomic E-state index is 13.8. The molecular weight excluding hydrogens is 486 g/mol. The molecule has 183 valence electrons. The van der Waals surface area contributed by atoms with Crippen LogP contribution >= 0.6 is 11.8 Å². The number of fused-ring (bicyclic) bond motifs is 1. The molecule has 1 N–H and O–H groups in total. The molecule has 0 bridgehead atoms. The van der Waals surface area contributed by atoms with E-state index in [0.717, 1.165) is 22.6 Å². The first-order chi connectivity index (χ1) is 16.6. The first-order valence-corrected chi connectivity index (χ1v) is 13.3. The molecule has 10 heteroatoms. The molecule has 2 heterocycles. The number of nitrogens with zero attached hydrogens (tertiary/aromatic N) is 2. The van der Waals surface area contributed by atoms with Gasteiger partial charge in [0, 0.05) is 23.1 Å². The number of benzene rings is 2. The normalized spacial score (nSPS) is 11.7. The predicted octanol–water partition coefficient (Wildman–Crippen LogP) is 5.48. The summed E-state index contributed by atoms with van der Waals surface area (Å²) in [5, 5.41) is 12.4. The zero-order chi connectivity index (χ0) is 25.5. The Labute approximate surface area is 208 Å². The molecule has 0 saturated heterocycles. The van der Waals surface area contributed by atoms with E-state index < -0.39 is 9.84 Å². The topological polar surface area (TPSA) is 114 Å². The Morgan fingerprint density at radius 3 is 2.29 bits per heavy atom. The molecule has 0 saturated carbocycles. The quantitative estimate of drug-likeness (QED) is 0.326. The third-order valence-electron chi connectivity index (χ3n) is 5.84. The summed E-state index contributed by atoms with van der Waals surface area (Å²) in [6.45, 7) is 7.13. The van der Waals surface area contributed by atoms with Crippen LogP contribution in [0.5, 0.6) is 17.2 Å². The molecule has 0 aliphatic rings. The Kier molecular flexibility index (Phi) is 6.70.